The van der Waals surface area contributed by atoms with E-state index >= 15 is 0 Å². The summed E-state index contributed by atoms with van der Waals surface area (Å²) in [6.45, 7) is 6.81. The van der Waals surface area contributed by atoms with Gasteiger partial charge in [0.05, 0.1) is 13.0 Å². The predicted molar refractivity (Wildman–Crippen MR) is 72.2 cm³/mol. The molecular formula is C14H27NO3. The average molecular weight is 257 g/mol. The molecule has 0 aliphatic rings. The van der Waals surface area contributed by atoms with Crippen LogP contribution in [0.1, 0.15) is 52.9 Å². The monoisotopic (exact) mass is 257 g/mol. The van der Waals surface area contributed by atoms with Gasteiger partial charge < -0.3 is 9.64 Å². The molecule has 0 radical (unpaired) electrons. The average Bonchev–Trinajstić information content (AvgIpc) is 2.35. The Morgan fingerprint density at radius 1 is 1.11 bits per heavy atom. The van der Waals surface area contributed by atoms with Crippen LogP contribution in [0.4, 0.5) is 0 Å². The number of hydrogen-bond acceptors (Lipinski definition) is 3. The maximum Gasteiger partial charge on any atom is 0.307 e. The molecule has 0 saturated carbocycles. The number of amides is 1. The predicted octanol–water partition coefficient (Wildman–Crippen LogP) is 2.61. The number of carbonyl (C=O) groups excluding carboxylic acids is 2. The minimum Gasteiger partial charge on any atom is -0.466 e. The topological polar surface area (TPSA) is 46.6 Å². The summed E-state index contributed by atoms with van der Waals surface area (Å²) in [7, 11) is 1.76. The zero-order chi connectivity index (χ0) is 14.0. The van der Waals surface area contributed by atoms with Crippen molar-refractivity contribution in [1.29, 1.82) is 0 Å². The van der Waals surface area contributed by atoms with Gasteiger partial charge in [-0.2, -0.15) is 0 Å². The molecule has 0 rings (SSSR count). The SMILES string of the molecule is CCCC(CCC)C(=O)N(C)CCC(=O)OCC. The van der Waals surface area contributed by atoms with Crippen LogP contribution in [-0.2, 0) is 14.3 Å². The second-order valence-corrected chi connectivity index (χ2v) is 4.59. The summed E-state index contributed by atoms with van der Waals surface area (Å²) in [6.07, 6.45) is 4.16. The fourth-order valence-electron chi connectivity index (χ4n) is 2.00. The Kier molecular flexibility index (Phi) is 9.33. The highest BCUT2D eigenvalue weighted by atomic mass is 16.5. The van der Waals surface area contributed by atoms with Crippen molar-refractivity contribution in [3.63, 3.8) is 0 Å². The first kappa shape index (κ1) is 16.9. The van der Waals surface area contributed by atoms with Crippen LogP contribution in [0.2, 0.25) is 0 Å². The van der Waals surface area contributed by atoms with Crippen LogP contribution in [0.25, 0.3) is 0 Å². The molecule has 0 fully saturated rings. The van der Waals surface area contributed by atoms with E-state index in [4.69, 9.17) is 4.74 Å². The lowest BCUT2D eigenvalue weighted by Gasteiger charge is -2.23. The number of ether oxygens (including phenoxy) is 1. The van der Waals surface area contributed by atoms with E-state index in [0.717, 1.165) is 25.7 Å². The second kappa shape index (κ2) is 9.92. The third-order valence-electron chi connectivity index (χ3n) is 2.96. The van der Waals surface area contributed by atoms with Crippen LogP contribution in [0.3, 0.4) is 0 Å². The van der Waals surface area contributed by atoms with Crippen molar-refractivity contribution in [2.75, 3.05) is 20.2 Å². The van der Waals surface area contributed by atoms with Gasteiger partial charge in [-0.15, -0.1) is 0 Å². The van der Waals surface area contributed by atoms with Gasteiger partial charge in [0.1, 0.15) is 0 Å². The number of carbonyl (C=O) groups is 2. The smallest absolute Gasteiger partial charge is 0.307 e. The number of nitrogens with zero attached hydrogens (tertiary/aromatic N) is 1. The zero-order valence-corrected chi connectivity index (χ0v) is 12.2. The molecule has 0 aromatic heterocycles. The van der Waals surface area contributed by atoms with E-state index in [2.05, 4.69) is 13.8 Å². The van der Waals surface area contributed by atoms with Crippen molar-refractivity contribution in [3.8, 4) is 0 Å². The van der Waals surface area contributed by atoms with Gasteiger partial charge in [0.15, 0.2) is 0 Å². The molecule has 0 aliphatic carbocycles. The molecule has 4 nitrogen and oxygen atoms in total. The van der Waals surface area contributed by atoms with Crippen LogP contribution in [0, 0.1) is 5.92 Å². The highest BCUT2D eigenvalue weighted by molar-refractivity contribution is 5.79. The van der Waals surface area contributed by atoms with Crippen molar-refractivity contribution in [2.24, 2.45) is 5.92 Å². The fourth-order valence-corrected chi connectivity index (χ4v) is 2.00. The van der Waals surface area contributed by atoms with E-state index in [-0.39, 0.29) is 24.2 Å². The zero-order valence-electron chi connectivity index (χ0n) is 12.2. The molecule has 0 aromatic rings. The highest BCUT2D eigenvalue weighted by Crippen LogP contribution is 2.16. The quantitative estimate of drug-likeness (QED) is 0.596. The molecule has 1 amide bonds. The summed E-state index contributed by atoms with van der Waals surface area (Å²) in [5.41, 5.74) is 0. The minimum absolute atomic E-state index is 0.104. The van der Waals surface area contributed by atoms with Crippen LogP contribution < -0.4 is 0 Å². The van der Waals surface area contributed by atoms with E-state index < -0.39 is 0 Å². The van der Waals surface area contributed by atoms with Crippen molar-refractivity contribution < 1.29 is 14.3 Å². The molecule has 0 unspecified atom stereocenters. The van der Waals surface area contributed by atoms with E-state index in [1.807, 2.05) is 0 Å². The van der Waals surface area contributed by atoms with Crippen molar-refractivity contribution in [1.82, 2.24) is 4.90 Å². The van der Waals surface area contributed by atoms with Gasteiger partial charge in [-0.05, 0) is 19.8 Å². The molecule has 0 aliphatic heterocycles. The van der Waals surface area contributed by atoms with E-state index in [9.17, 15) is 9.59 Å². The van der Waals surface area contributed by atoms with Crippen LogP contribution in [0.5, 0.6) is 0 Å². The Morgan fingerprint density at radius 2 is 1.67 bits per heavy atom. The molecule has 0 atom stereocenters. The molecule has 0 aromatic carbocycles. The lowest BCUT2D eigenvalue weighted by Crippen LogP contribution is -2.34. The standard InChI is InChI=1S/C14H27NO3/c1-5-8-12(9-6-2)14(17)15(4)11-10-13(16)18-7-3/h12H,5-11H2,1-4H3. The van der Waals surface area contributed by atoms with Crippen molar-refractivity contribution in [2.45, 2.75) is 52.9 Å². The lowest BCUT2D eigenvalue weighted by molar-refractivity contribution is -0.144. The molecule has 106 valence electrons. The maximum absolute atomic E-state index is 12.2. The van der Waals surface area contributed by atoms with Gasteiger partial charge >= 0.3 is 5.97 Å². The number of hydrogen-bond donors (Lipinski definition) is 0. The van der Waals surface area contributed by atoms with Gasteiger partial charge in [-0.3, -0.25) is 9.59 Å². The fraction of sp³-hybridized carbons (Fsp3) is 0.857. The first-order chi connectivity index (χ1) is 8.56. The Hall–Kier alpha value is -1.06. The molecular weight excluding hydrogens is 230 g/mol. The maximum atomic E-state index is 12.2. The van der Waals surface area contributed by atoms with Gasteiger partial charge in [0.25, 0.3) is 0 Å². The van der Waals surface area contributed by atoms with E-state index in [1.165, 1.54) is 0 Å². The molecule has 0 spiro atoms. The summed E-state index contributed by atoms with van der Waals surface area (Å²) >= 11 is 0. The second-order valence-electron chi connectivity index (χ2n) is 4.59. The summed E-state index contributed by atoms with van der Waals surface area (Å²) in [5, 5.41) is 0. The molecule has 0 N–H and O–H groups in total. The normalized spacial score (nSPS) is 10.5. The Bertz CT molecular complexity index is 247. The van der Waals surface area contributed by atoms with Gasteiger partial charge in [-0.25, -0.2) is 0 Å². The molecule has 0 heterocycles. The Labute approximate surface area is 111 Å². The molecule has 18 heavy (non-hydrogen) atoms. The van der Waals surface area contributed by atoms with Crippen LogP contribution in [0.15, 0.2) is 0 Å². The van der Waals surface area contributed by atoms with Gasteiger partial charge in [-0.1, -0.05) is 26.7 Å². The van der Waals surface area contributed by atoms with Crippen molar-refractivity contribution in [3.05, 3.63) is 0 Å². The first-order valence-electron chi connectivity index (χ1n) is 6.97. The van der Waals surface area contributed by atoms with Gasteiger partial charge in [0.2, 0.25) is 5.91 Å². The van der Waals surface area contributed by atoms with Gasteiger partial charge in [0, 0.05) is 19.5 Å². The summed E-state index contributed by atoms with van der Waals surface area (Å²) in [5.74, 6) is 0.0230. The third kappa shape index (κ3) is 6.62. The first-order valence-corrected chi connectivity index (χ1v) is 6.97. The number of rotatable bonds is 9. The highest BCUT2D eigenvalue weighted by Gasteiger charge is 2.20. The third-order valence-corrected chi connectivity index (χ3v) is 2.96. The molecule has 0 saturated heterocycles. The minimum atomic E-state index is -0.236. The van der Waals surface area contributed by atoms with Crippen LogP contribution >= 0.6 is 0 Å². The molecule has 4 heteroatoms. The lowest BCUT2D eigenvalue weighted by atomic mass is 9.97. The van der Waals surface area contributed by atoms with E-state index in [0.29, 0.717) is 13.2 Å². The van der Waals surface area contributed by atoms with Crippen LogP contribution in [-0.4, -0.2) is 37.0 Å². The largest absolute Gasteiger partial charge is 0.466 e. The number of esters is 1. The summed E-state index contributed by atoms with van der Waals surface area (Å²) < 4.78 is 4.85. The van der Waals surface area contributed by atoms with Crippen molar-refractivity contribution >= 4 is 11.9 Å². The van der Waals surface area contributed by atoms with E-state index in [1.54, 1.807) is 18.9 Å². The summed E-state index contributed by atoms with van der Waals surface area (Å²) in [6, 6.07) is 0. The summed E-state index contributed by atoms with van der Waals surface area (Å²) in [4.78, 5) is 25.1. The molecule has 0 bridgehead atoms. The Morgan fingerprint density at radius 3 is 2.11 bits per heavy atom. The Balaban J connectivity index is 4.16.